The summed E-state index contributed by atoms with van der Waals surface area (Å²) in [4.78, 5) is 0. The van der Waals surface area contributed by atoms with Gasteiger partial charge in [0.25, 0.3) is 0 Å². The lowest BCUT2D eigenvalue weighted by molar-refractivity contribution is 0.304. The van der Waals surface area contributed by atoms with Crippen LogP contribution in [0.1, 0.15) is 20.8 Å². The molecule has 1 heterocycles. The van der Waals surface area contributed by atoms with Crippen LogP contribution >= 0.6 is 0 Å². The van der Waals surface area contributed by atoms with Gasteiger partial charge in [0.15, 0.2) is 0 Å². The fourth-order valence-corrected chi connectivity index (χ4v) is 2.93. The van der Waals surface area contributed by atoms with Crippen LogP contribution in [0.3, 0.4) is 0 Å². The van der Waals surface area contributed by atoms with E-state index in [0.29, 0.717) is 19.6 Å². The predicted octanol–water partition coefficient (Wildman–Crippen LogP) is -0.0879. The Hall–Kier alpha value is -0.640. The van der Waals surface area contributed by atoms with Gasteiger partial charge < -0.3 is 5.32 Å². The second-order valence-corrected chi connectivity index (χ2v) is 7.22. The van der Waals surface area contributed by atoms with Gasteiger partial charge in [-0.25, -0.2) is 8.42 Å². The molecule has 0 aromatic heterocycles. The first kappa shape index (κ1) is 12.4. The fourth-order valence-electron chi connectivity index (χ4n) is 1.44. The average molecular weight is 231 g/mol. The molecule has 0 aromatic carbocycles. The van der Waals surface area contributed by atoms with E-state index in [2.05, 4.69) is 5.32 Å². The largest absolute Gasteiger partial charge is 0.313 e. The minimum Gasteiger partial charge on any atom is -0.313 e. The van der Waals surface area contributed by atoms with Gasteiger partial charge in [-0.1, -0.05) is 0 Å². The zero-order valence-corrected chi connectivity index (χ0v) is 10.1. The highest BCUT2D eigenvalue weighted by molar-refractivity contribution is 7.90. The summed E-state index contributed by atoms with van der Waals surface area (Å²) in [5.74, 6) is 0. The van der Waals surface area contributed by atoms with Crippen LogP contribution in [0.4, 0.5) is 0 Å². The zero-order valence-electron chi connectivity index (χ0n) is 9.32. The minimum atomic E-state index is -3.39. The molecule has 1 aliphatic heterocycles. The Labute approximate surface area is 91.1 Å². The Morgan fingerprint density at radius 3 is 2.53 bits per heavy atom. The van der Waals surface area contributed by atoms with E-state index in [0.717, 1.165) is 0 Å². The predicted molar refractivity (Wildman–Crippen MR) is 57.6 cm³/mol. The maximum absolute atomic E-state index is 12.1. The maximum atomic E-state index is 12.1. The molecule has 1 unspecified atom stereocenters. The Morgan fingerprint density at radius 2 is 2.07 bits per heavy atom. The molecule has 6 heteroatoms. The van der Waals surface area contributed by atoms with Gasteiger partial charge >= 0.3 is 0 Å². The molecule has 1 aliphatic rings. The Balaban J connectivity index is 3.01. The van der Waals surface area contributed by atoms with Crippen molar-refractivity contribution in [3.63, 3.8) is 0 Å². The van der Waals surface area contributed by atoms with Crippen LogP contribution in [-0.2, 0) is 10.0 Å². The smallest absolute Gasteiger partial charge is 0.220 e. The summed E-state index contributed by atoms with van der Waals surface area (Å²) < 4.78 is 24.7. The number of hydrogen-bond donors (Lipinski definition) is 1. The molecule has 1 fully saturated rings. The van der Waals surface area contributed by atoms with E-state index in [1.807, 2.05) is 6.07 Å². The molecule has 0 spiro atoms. The molecule has 0 saturated carbocycles. The number of nitriles is 1. The van der Waals surface area contributed by atoms with Crippen LogP contribution in [0.15, 0.2) is 0 Å². The van der Waals surface area contributed by atoms with Crippen LogP contribution < -0.4 is 5.32 Å². The molecule has 0 bridgehead atoms. The first-order valence-electron chi connectivity index (χ1n) is 4.92. The average Bonchev–Trinajstić information content (AvgIpc) is 2.16. The first-order chi connectivity index (χ1) is 6.80. The van der Waals surface area contributed by atoms with E-state index in [-0.39, 0.29) is 0 Å². The molecule has 15 heavy (non-hydrogen) atoms. The Morgan fingerprint density at radius 1 is 1.47 bits per heavy atom. The van der Waals surface area contributed by atoms with Gasteiger partial charge in [-0.3, -0.25) is 0 Å². The molecule has 0 aliphatic carbocycles. The second-order valence-electron chi connectivity index (χ2n) is 4.58. The van der Waals surface area contributed by atoms with Gasteiger partial charge in [0, 0.05) is 19.6 Å². The number of hydrogen-bond acceptors (Lipinski definition) is 4. The standard InChI is InChI=1S/C9H17N3O2S/c1-9(2,3)15(13,14)12-5-4-11-7-8(12)6-10/h8,11H,4-5,7H2,1-3H3. The van der Waals surface area contributed by atoms with Gasteiger partial charge in [0.2, 0.25) is 10.0 Å². The maximum Gasteiger partial charge on any atom is 0.220 e. The Kier molecular flexibility index (Phi) is 3.38. The summed E-state index contributed by atoms with van der Waals surface area (Å²) in [6.45, 7) is 6.34. The van der Waals surface area contributed by atoms with Crippen molar-refractivity contribution in [3.8, 4) is 6.07 Å². The highest BCUT2D eigenvalue weighted by Crippen LogP contribution is 2.22. The van der Waals surface area contributed by atoms with E-state index in [1.54, 1.807) is 20.8 Å². The van der Waals surface area contributed by atoms with Crippen molar-refractivity contribution in [2.75, 3.05) is 19.6 Å². The van der Waals surface area contributed by atoms with Crippen LogP contribution in [0.2, 0.25) is 0 Å². The summed E-state index contributed by atoms with van der Waals surface area (Å²) in [5.41, 5.74) is 0. The van der Waals surface area contributed by atoms with E-state index < -0.39 is 20.8 Å². The van der Waals surface area contributed by atoms with Crippen LogP contribution in [-0.4, -0.2) is 43.1 Å². The zero-order chi connectivity index (χ0) is 11.7. The second kappa shape index (κ2) is 4.08. The first-order valence-corrected chi connectivity index (χ1v) is 6.36. The highest BCUT2D eigenvalue weighted by Gasteiger charge is 2.40. The van der Waals surface area contributed by atoms with E-state index in [4.69, 9.17) is 5.26 Å². The van der Waals surface area contributed by atoms with E-state index in [1.165, 1.54) is 4.31 Å². The summed E-state index contributed by atoms with van der Waals surface area (Å²) in [5, 5.41) is 11.9. The third-order valence-corrected chi connectivity index (χ3v) is 5.03. The molecule has 0 amide bonds. The lowest BCUT2D eigenvalue weighted by Crippen LogP contribution is -2.56. The van der Waals surface area contributed by atoms with Crippen molar-refractivity contribution in [1.82, 2.24) is 9.62 Å². The molecule has 86 valence electrons. The summed E-state index contributed by atoms with van der Waals surface area (Å²) >= 11 is 0. The van der Waals surface area contributed by atoms with Gasteiger partial charge in [0.1, 0.15) is 6.04 Å². The van der Waals surface area contributed by atoms with Crippen LogP contribution in [0.5, 0.6) is 0 Å². The third-order valence-electron chi connectivity index (χ3n) is 2.43. The topological polar surface area (TPSA) is 73.2 Å². The molecule has 0 aromatic rings. The molecule has 1 saturated heterocycles. The van der Waals surface area contributed by atoms with Crippen molar-refractivity contribution >= 4 is 10.0 Å². The summed E-state index contributed by atoms with van der Waals surface area (Å²) in [6, 6.07) is 1.44. The number of piperazine rings is 1. The number of sulfonamides is 1. The van der Waals surface area contributed by atoms with Crippen molar-refractivity contribution < 1.29 is 8.42 Å². The highest BCUT2D eigenvalue weighted by atomic mass is 32.2. The van der Waals surface area contributed by atoms with E-state index >= 15 is 0 Å². The van der Waals surface area contributed by atoms with Crippen molar-refractivity contribution in [2.24, 2.45) is 0 Å². The SMILES string of the molecule is CC(C)(C)S(=O)(=O)N1CCNCC1C#N. The molecule has 1 atom stereocenters. The normalized spacial score (nSPS) is 24.8. The summed E-state index contributed by atoms with van der Waals surface area (Å²) in [7, 11) is -3.39. The van der Waals surface area contributed by atoms with Gasteiger partial charge in [0.05, 0.1) is 10.8 Å². The van der Waals surface area contributed by atoms with Crippen LogP contribution in [0.25, 0.3) is 0 Å². The molecule has 0 radical (unpaired) electrons. The van der Waals surface area contributed by atoms with Gasteiger partial charge in [-0.05, 0) is 20.8 Å². The van der Waals surface area contributed by atoms with Crippen molar-refractivity contribution in [3.05, 3.63) is 0 Å². The number of nitrogens with zero attached hydrogens (tertiary/aromatic N) is 2. The number of rotatable bonds is 1. The van der Waals surface area contributed by atoms with Gasteiger partial charge in [-0.15, -0.1) is 0 Å². The summed E-state index contributed by atoms with van der Waals surface area (Å²) in [6.07, 6.45) is 0. The molecular formula is C9H17N3O2S. The lowest BCUT2D eigenvalue weighted by Gasteiger charge is -2.35. The minimum absolute atomic E-state index is 0.373. The van der Waals surface area contributed by atoms with Crippen LogP contribution in [0, 0.1) is 11.3 Å². The molecule has 1 rings (SSSR count). The lowest BCUT2D eigenvalue weighted by atomic mass is 10.2. The quantitative estimate of drug-likeness (QED) is 0.684. The molecular weight excluding hydrogens is 214 g/mol. The fraction of sp³-hybridized carbons (Fsp3) is 0.889. The Bertz CT molecular complexity index is 364. The monoisotopic (exact) mass is 231 g/mol. The number of nitrogens with one attached hydrogen (secondary N) is 1. The van der Waals surface area contributed by atoms with E-state index in [9.17, 15) is 8.42 Å². The van der Waals surface area contributed by atoms with Crippen molar-refractivity contribution in [2.45, 2.75) is 31.6 Å². The molecule has 1 N–H and O–H groups in total. The third kappa shape index (κ3) is 2.30. The van der Waals surface area contributed by atoms with Crippen molar-refractivity contribution in [1.29, 1.82) is 5.26 Å². The van der Waals surface area contributed by atoms with Gasteiger partial charge in [-0.2, -0.15) is 9.57 Å². The molecule has 5 nitrogen and oxygen atoms in total.